The Kier molecular flexibility index (Phi) is 4.86. The molecule has 0 aromatic rings. The molecule has 0 aliphatic heterocycles. The summed E-state index contributed by atoms with van der Waals surface area (Å²) >= 11 is 5.07. The zero-order chi connectivity index (χ0) is 8.85. The summed E-state index contributed by atoms with van der Waals surface area (Å²) in [4.78, 5) is 21.2. The van der Waals surface area contributed by atoms with E-state index in [-0.39, 0.29) is 12.4 Å². The molecule has 64 valence electrons. The summed E-state index contributed by atoms with van der Waals surface area (Å²) in [6.07, 6.45) is 0.0421. The Labute approximate surface area is 70.7 Å². The number of esters is 1. The zero-order valence-electron chi connectivity index (χ0n) is 6.59. The van der Waals surface area contributed by atoms with Gasteiger partial charge in [0.25, 0.3) is 0 Å². The highest BCUT2D eigenvalue weighted by Crippen LogP contribution is 2.06. The Morgan fingerprint density at radius 3 is 2.45 bits per heavy atom. The fourth-order valence-corrected chi connectivity index (χ4v) is 0.840. The van der Waals surface area contributed by atoms with Crippen molar-refractivity contribution in [2.45, 2.75) is 20.3 Å². The van der Waals surface area contributed by atoms with Crippen LogP contribution in [0.15, 0.2) is 0 Å². The SMILES string of the molecule is CCOC(=O)C(C)CC(=O)Cl. The van der Waals surface area contributed by atoms with Crippen LogP contribution in [0.4, 0.5) is 0 Å². The van der Waals surface area contributed by atoms with E-state index in [0.717, 1.165) is 0 Å². The van der Waals surface area contributed by atoms with Crippen LogP contribution in [0.2, 0.25) is 0 Å². The molecule has 0 aromatic heterocycles. The standard InChI is InChI=1S/C7H11ClO3/c1-3-11-7(10)5(2)4-6(8)9/h5H,3-4H2,1-2H3. The Bertz CT molecular complexity index is 156. The van der Waals surface area contributed by atoms with Crippen LogP contribution in [-0.2, 0) is 14.3 Å². The van der Waals surface area contributed by atoms with Gasteiger partial charge in [-0.3, -0.25) is 9.59 Å². The van der Waals surface area contributed by atoms with E-state index in [0.29, 0.717) is 6.61 Å². The van der Waals surface area contributed by atoms with Crippen LogP contribution in [0.5, 0.6) is 0 Å². The van der Waals surface area contributed by atoms with E-state index in [1.54, 1.807) is 13.8 Å². The molecule has 0 aromatic carbocycles. The number of rotatable bonds is 4. The van der Waals surface area contributed by atoms with E-state index in [2.05, 4.69) is 4.74 Å². The molecule has 3 nitrogen and oxygen atoms in total. The smallest absolute Gasteiger partial charge is 0.309 e. The van der Waals surface area contributed by atoms with Crippen LogP contribution in [-0.4, -0.2) is 17.8 Å². The van der Waals surface area contributed by atoms with Gasteiger partial charge < -0.3 is 4.74 Å². The lowest BCUT2D eigenvalue weighted by Gasteiger charge is -2.06. The minimum atomic E-state index is -0.509. The minimum Gasteiger partial charge on any atom is -0.466 e. The predicted octanol–water partition coefficient (Wildman–Crippen LogP) is 1.34. The van der Waals surface area contributed by atoms with Gasteiger partial charge >= 0.3 is 5.97 Å². The molecule has 0 fully saturated rings. The van der Waals surface area contributed by atoms with E-state index >= 15 is 0 Å². The van der Waals surface area contributed by atoms with Gasteiger partial charge in [0.1, 0.15) is 0 Å². The Morgan fingerprint density at radius 1 is 1.55 bits per heavy atom. The average Bonchev–Trinajstić information content (AvgIpc) is 1.86. The van der Waals surface area contributed by atoms with Crippen molar-refractivity contribution in [2.75, 3.05) is 6.61 Å². The van der Waals surface area contributed by atoms with Crippen LogP contribution >= 0.6 is 11.6 Å². The highest BCUT2D eigenvalue weighted by Gasteiger charge is 2.16. The van der Waals surface area contributed by atoms with Crippen molar-refractivity contribution in [1.29, 1.82) is 0 Å². The maximum atomic E-state index is 10.8. The molecular formula is C7H11ClO3. The van der Waals surface area contributed by atoms with Gasteiger partial charge in [-0.2, -0.15) is 0 Å². The monoisotopic (exact) mass is 178 g/mol. The minimum absolute atomic E-state index is 0.0421. The Morgan fingerprint density at radius 2 is 2.09 bits per heavy atom. The molecule has 0 heterocycles. The second-order valence-corrected chi connectivity index (χ2v) is 2.63. The number of hydrogen-bond acceptors (Lipinski definition) is 3. The van der Waals surface area contributed by atoms with Crippen molar-refractivity contribution in [3.63, 3.8) is 0 Å². The number of carbonyl (C=O) groups excluding carboxylic acids is 2. The van der Waals surface area contributed by atoms with Crippen molar-refractivity contribution in [3.05, 3.63) is 0 Å². The molecular weight excluding hydrogens is 168 g/mol. The van der Waals surface area contributed by atoms with E-state index < -0.39 is 11.2 Å². The largest absolute Gasteiger partial charge is 0.466 e. The van der Waals surface area contributed by atoms with Gasteiger partial charge in [0.2, 0.25) is 5.24 Å². The third-order valence-electron chi connectivity index (χ3n) is 1.16. The molecule has 1 unspecified atom stereocenters. The van der Waals surface area contributed by atoms with Gasteiger partial charge in [0, 0.05) is 6.42 Å². The first-order valence-corrected chi connectivity index (χ1v) is 3.80. The molecule has 0 radical (unpaired) electrons. The topological polar surface area (TPSA) is 43.4 Å². The number of ether oxygens (including phenoxy) is 1. The summed E-state index contributed by atoms with van der Waals surface area (Å²) in [6.45, 7) is 3.66. The Hall–Kier alpha value is -0.570. The molecule has 0 N–H and O–H groups in total. The molecule has 0 saturated carbocycles. The average molecular weight is 179 g/mol. The van der Waals surface area contributed by atoms with Crippen molar-refractivity contribution in [3.8, 4) is 0 Å². The molecule has 0 amide bonds. The number of halogens is 1. The molecule has 11 heavy (non-hydrogen) atoms. The van der Waals surface area contributed by atoms with Gasteiger partial charge in [-0.25, -0.2) is 0 Å². The highest BCUT2D eigenvalue weighted by molar-refractivity contribution is 6.63. The maximum absolute atomic E-state index is 10.8. The fourth-order valence-electron chi connectivity index (χ4n) is 0.609. The Balaban J connectivity index is 3.73. The third kappa shape index (κ3) is 4.79. The van der Waals surface area contributed by atoms with Crippen molar-refractivity contribution >= 4 is 22.8 Å². The summed E-state index contributed by atoms with van der Waals surface area (Å²) in [6, 6.07) is 0. The lowest BCUT2D eigenvalue weighted by molar-refractivity contribution is -0.148. The van der Waals surface area contributed by atoms with Crippen LogP contribution < -0.4 is 0 Å². The van der Waals surface area contributed by atoms with Crippen LogP contribution in [0.25, 0.3) is 0 Å². The van der Waals surface area contributed by atoms with Crippen molar-refractivity contribution < 1.29 is 14.3 Å². The first kappa shape index (κ1) is 10.4. The molecule has 0 aliphatic rings. The molecule has 1 atom stereocenters. The van der Waals surface area contributed by atoms with Crippen molar-refractivity contribution in [1.82, 2.24) is 0 Å². The summed E-state index contributed by atoms with van der Waals surface area (Å²) in [7, 11) is 0. The van der Waals surface area contributed by atoms with Crippen LogP contribution in [0, 0.1) is 5.92 Å². The third-order valence-corrected chi connectivity index (χ3v) is 1.31. The quantitative estimate of drug-likeness (QED) is 0.482. The summed E-state index contributed by atoms with van der Waals surface area (Å²) < 4.78 is 4.65. The van der Waals surface area contributed by atoms with E-state index in [9.17, 15) is 9.59 Å². The maximum Gasteiger partial charge on any atom is 0.309 e. The lowest BCUT2D eigenvalue weighted by Crippen LogP contribution is -2.16. The summed E-state index contributed by atoms with van der Waals surface area (Å²) in [5.74, 6) is -0.804. The number of hydrogen-bond donors (Lipinski definition) is 0. The molecule has 4 heteroatoms. The van der Waals surface area contributed by atoms with Gasteiger partial charge in [0.05, 0.1) is 12.5 Å². The first-order chi connectivity index (χ1) is 5.07. The van der Waals surface area contributed by atoms with Gasteiger partial charge in [-0.1, -0.05) is 6.92 Å². The number of carbonyl (C=O) groups is 2. The van der Waals surface area contributed by atoms with E-state index in [1.165, 1.54) is 0 Å². The van der Waals surface area contributed by atoms with E-state index in [1.807, 2.05) is 0 Å². The van der Waals surface area contributed by atoms with Gasteiger partial charge in [-0.15, -0.1) is 0 Å². The molecule has 0 saturated heterocycles. The molecule has 0 rings (SSSR count). The van der Waals surface area contributed by atoms with Crippen molar-refractivity contribution in [2.24, 2.45) is 5.92 Å². The second kappa shape index (κ2) is 5.13. The fraction of sp³-hybridized carbons (Fsp3) is 0.714. The van der Waals surface area contributed by atoms with Gasteiger partial charge in [0.15, 0.2) is 0 Å². The molecule has 0 spiro atoms. The predicted molar refractivity (Wildman–Crippen MR) is 41.3 cm³/mol. The second-order valence-electron chi connectivity index (χ2n) is 2.21. The summed E-state index contributed by atoms with van der Waals surface area (Å²) in [5.41, 5.74) is 0. The van der Waals surface area contributed by atoms with Gasteiger partial charge in [-0.05, 0) is 18.5 Å². The highest BCUT2D eigenvalue weighted by atomic mass is 35.5. The van der Waals surface area contributed by atoms with Crippen LogP contribution in [0.3, 0.4) is 0 Å². The molecule has 0 bridgehead atoms. The van der Waals surface area contributed by atoms with Crippen LogP contribution in [0.1, 0.15) is 20.3 Å². The lowest BCUT2D eigenvalue weighted by atomic mass is 10.1. The molecule has 0 aliphatic carbocycles. The normalized spacial score (nSPS) is 12.3. The zero-order valence-corrected chi connectivity index (χ0v) is 7.35. The first-order valence-electron chi connectivity index (χ1n) is 3.42. The summed E-state index contributed by atoms with van der Waals surface area (Å²) in [5, 5.41) is -0.509. The van der Waals surface area contributed by atoms with E-state index in [4.69, 9.17) is 11.6 Å².